The SMILES string of the molecule is COCCNCc1ccc2cccc(NSc3ccc(C(F)(F)F)cc3)c2n1. The Balaban J connectivity index is 1.71. The first kappa shape index (κ1) is 20.4. The molecule has 2 N–H and O–H groups in total. The predicted molar refractivity (Wildman–Crippen MR) is 106 cm³/mol. The van der Waals surface area contributed by atoms with E-state index in [0.29, 0.717) is 18.0 Å². The van der Waals surface area contributed by atoms with Crippen molar-refractivity contribution >= 4 is 28.5 Å². The van der Waals surface area contributed by atoms with Crippen molar-refractivity contribution in [3.63, 3.8) is 0 Å². The van der Waals surface area contributed by atoms with Crippen molar-refractivity contribution in [2.24, 2.45) is 0 Å². The lowest BCUT2D eigenvalue weighted by atomic mass is 10.2. The lowest BCUT2D eigenvalue weighted by Crippen LogP contribution is -2.19. The van der Waals surface area contributed by atoms with Crippen LogP contribution in [-0.2, 0) is 17.5 Å². The second-order valence-corrected chi connectivity index (χ2v) is 6.96. The molecule has 148 valence electrons. The van der Waals surface area contributed by atoms with Gasteiger partial charge in [0.2, 0.25) is 0 Å². The number of methoxy groups -OCH3 is 1. The molecular formula is C20H20F3N3OS. The third-order valence-corrected chi connectivity index (χ3v) is 4.86. The minimum absolute atomic E-state index is 0.625. The maximum Gasteiger partial charge on any atom is 0.416 e. The third-order valence-electron chi connectivity index (χ3n) is 4.03. The van der Waals surface area contributed by atoms with Crippen LogP contribution in [0.3, 0.4) is 0 Å². The van der Waals surface area contributed by atoms with Gasteiger partial charge >= 0.3 is 6.18 Å². The number of hydrogen-bond donors (Lipinski definition) is 2. The molecule has 4 nitrogen and oxygen atoms in total. The molecular weight excluding hydrogens is 387 g/mol. The largest absolute Gasteiger partial charge is 0.416 e. The zero-order valence-corrected chi connectivity index (χ0v) is 16.0. The van der Waals surface area contributed by atoms with Crippen LogP contribution in [0.2, 0.25) is 0 Å². The Bertz CT molecular complexity index is 917. The molecule has 2 aromatic carbocycles. The highest BCUT2D eigenvalue weighted by molar-refractivity contribution is 8.00. The standard InChI is InChI=1S/C20H20F3N3OS/c1-27-12-11-24-13-16-8-5-14-3-2-4-18(19(14)25-16)26-28-17-9-6-15(7-10-17)20(21,22)23/h2-10,24,26H,11-13H2,1H3. The second kappa shape index (κ2) is 9.27. The maximum atomic E-state index is 12.7. The fourth-order valence-electron chi connectivity index (χ4n) is 2.58. The molecule has 0 aliphatic carbocycles. The highest BCUT2D eigenvalue weighted by Crippen LogP contribution is 2.32. The number of para-hydroxylation sites is 1. The first-order chi connectivity index (χ1) is 13.5. The number of rotatable bonds is 8. The summed E-state index contributed by atoms with van der Waals surface area (Å²) < 4.78 is 46.2. The van der Waals surface area contributed by atoms with E-state index in [9.17, 15) is 13.2 Å². The minimum atomic E-state index is -4.33. The van der Waals surface area contributed by atoms with Gasteiger partial charge in [-0.05, 0) is 48.3 Å². The summed E-state index contributed by atoms with van der Waals surface area (Å²) in [7, 11) is 1.65. The molecule has 0 radical (unpaired) electrons. The van der Waals surface area contributed by atoms with Gasteiger partial charge in [-0.15, -0.1) is 0 Å². The number of aromatic nitrogens is 1. The van der Waals surface area contributed by atoms with Gasteiger partial charge in [0.25, 0.3) is 0 Å². The van der Waals surface area contributed by atoms with Crippen LogP contribution in [0.5, 0.6) is 0 Å². The van der Waals surface area contributed by atoms with Gasteiger partial charge in [-0.25, -0.2) is 4.98 Å². The van der Waals surface area contributed by atoms with Gasteiger partial charge < -0.3 is 14.8 Å². The Hall–Kier alpha value is -2.29. The van der Waals surface area contributed by atoms with Crippen LogP contribution in [0.4, 0.5) is 18.9 Å². The van der Waals surface area contributed by atoms with Gasteiger partial charge in [-0.2, -0.15) is 13.2 Å². The van der Waals surface area contributed by atoms with Gasteiger partial charge in [0, 0.05) is 30.5 Å². The quantitative estimate of drug-likeness (QED) is 0.401. The van der Waals surface area contributed by atoms with Crippen LogP contribution in [0.15, 0.2) is 59.5 Å². The van der Waals surface area contributed by atoms with Crippen LogP contribution in [-0.4, -0.2) is 25.2 Å². The second-order valence-electron chi connectivity index (χ2n) is 6.08. The van der Waals surface area contributed by atoms with E-state index in [2.05, 4.69) is 10.0 Å². The van der Waals surface area contributed by atoms with E-state index in [1.807, 2.05) is 30.3 Å². The number of pyridine rings is 1. The molecule has 0 amide bonds. The third kappa shape index (κ3) is 5.37. The zero-order valence-electron chi connectivity index (χ0n) is 15.2. The van der Waals surface area contributed by atoms with E-state index in [1.165, 1.54) is 24.1 Å². The van der Waals surface area contributed by atoms with E-state index in [4.69, 9.17) is 9.72 Å². The molecule has 1 aromatic heterocycles. The Kier molecular flexibility index (Phi) is 6.77. The van der Waals surface area contributed by atoms with E-state index in [-0.39, 0.29) is 0 Å². The lowest BCUT2D eigenvalue weighted by Gasteiger charge is -2.11. The van der Waals surface area contributed by atoms with E-state index < -0.39 is 11.7 Å². The summed E-state index contributed by atoms with van der Waals surface area (Å²) in [6.45, 7) is 1.99. The molecule has 8 heteroatoms. The highest BCUT2D eigenvalue weighted by Gasteiger charge is 2.29. The molecule has 0 atom stereocenters. The minimum Gasteiger partial charge on any atom is -0.383 e. The van der Waals surface area contributed by atoms with Crippen LogP contribution in [0.25, 0.3) is 10.9 Å². The smallest absolute Gasteiger partial charge is 0.383 e. The first-order valence-corrected chi connectivity index (χ1v) is 9.47. The molecule has 0 bridgehead atoms. The Morgan fingerprint density at radius 1 is 1.04 bits per heavy atom. The Morgan fingerprint density at radius 3 is 2.54 bits per heavy atom. The van der Waals surface area contributed by atoms with Crippen molar-refractivity contribution in [3.05, 3.63) is 65.9 Å². The molecule has 3 aromatic rings. The van der Waals surface area contributed by atoms with Crippen molar-refractivity contribution in [2.75, 3.05) is 25.0 Å². The maximum absolute atomic E-state index is 12.7. The number of nitrogens with zero attached hydrogens (tertiary/aromatic N) is 1. The summed E-state index contributed by atoms with van der Waals surface area (Å²) in [5.74, 6) is 0. The first-order valence-electron chi connectivity index (χ1n) is 8.66. The van der Waals surface area contributed by atoms with Gasteiger partial charge in [0.15, 0.2) is 0 Å². The topological polar surface area (TPSA) is 46.2 Å². The summed E-state index contributed by atoms with van der Waals surface area (Å²) in [5.41, 5.74) is 1.86. The Morgan fingerprint density at radius 2 is 1.82 bits per heavy atom. The van der Waals surface area contributed by atoms with Crippen molar-refractivity contribution < 1.29 is 17.9 Å². The number of halogens is 3. The summed E-state index contributed by atoms with van der Waals surface area (Å²) in [4.78, 5) is 5.39. The van der Waals surface area contributed by atoms with E-state index >= 15 is 0 Å². The van der Waals surface area contributed by atoms with Gasteiger partial charge in [-0.3, -0.25) is 0 Å². The molecule has 0 spiro atoms. The molecule has 3 rings (SSSR count). The molecule has 0 aliphatic rings. The predicted octanol–water partition coefficient (Wildman–Crippen LogP) is 5.11. The molecule has 1 heterocycles. The molecule has 0 fully saturated rings. The average Bonchev–Trinajstić information content (AvgIpc) is 2.69. The van der Waals surface area contributed by atoms with Crippen molar-refractivity contribution in [1.29, 1.82) is 0 Å². The molecule has 0 unspecified atom stereocenters. The lowest BCUT2D eigenvalue weighted by molar-refractivity contribution is -0.137. The fourth-order valence-corrected chi connectivity index (χ4v) is 3.25. The van der Waals surface area contributed by atoms with Crippen LogP contribution in [0.1, 0.15) is 11.3 Å². The number of hydrogen-bond acceptors (Lipinski definition) is 5. The van der Waals surface area contributed by atoms with Crippen LogP contribution >= 0.6 is 11.9 Å². The van der Waals surface area contributed by atoms with E-state index in [1.54, 1.807) is 7.11 Å². The average molecular weight is 407 g/mol. The highest BCUT2D eigenvalue weighted by atomic mass is 32.2. The summed E-state index contributed by atoms with van der Waals surface area (Å²) >= 11 is 1.25. The number of ether oxygens (including phenoxy) is 1. The molecule has 0 saturated heterocycles. The number of nitrogens with one attached hydrogen (secondary N) is 2. The monoisotopic (exact) mass is 407 g/mol. The molecule has 0 saturated carbocycles. The van der Waals surface area contributed by atoms with Crippen molar-refractivity contribution in [2.45, 2.75) is 17.6 Å². The number of alkyl halides is 3. The van der Waals surface area contributed by atoms with Gasteiger partial charge in [0.05, 0.1) is 29.1 Å². The van der Waals surface area contributed by atoms with Gasteiger partial charge in [-0.1, -0.05) is 18.2 Å². The van der Waals surface area contributed by atoms with Crippen LogP contribution in [0, 0.1) is 0 Å². The number of benzene rings is 2. The molecule has 28 heavy (non-hydrogen) atoms. The fraction of sp³-hybridized carbons (Fsp3) is 0.250. The Labute approximate surface area is 165 Å². The van der Waals surface area contributed by atoms with Crippen molar-refractivity contribution in [3.8, 4) is 0 Å². The normalized spacial score (nSPS) is 11.7. The number of anilines is 1. The summed E-state index contributed by atoms with van der Waals surface area (Å²) in [6, 6.07) is 14.8. The zero-order chi connectivity index (χ0) is 20.0. The summed E-state index contributed by atoms with van der Waals surface area (Å²) in [5, 5.41) is 4.24. The van der Waals surface area contributed by atoms with Crippen LogP contribution < -0.4 is 10.0 Å². The summed E-state index contributed by atoms with van der Waals surface area (Å²) in [6.07, 6.45) is -4.33. The van der Waals surface area contributed by atoms with E-state index in [0.717, 1.165) is 41.0 Å². The van der Waals surface area contributed by atoms with Crippen molar-refractivity contribution in [1.82, 2.24) is 10.3 Å². The van der Waals surface area contributed by atoms with Gasteiger partial charge in [0.1, 0.15) is 0 Å². The number of fused-ring (bicyclic) bond motifs is 1. The molecule has 0 aliphatic heterocycles.